The van der Waals surface area contributed by atoms with Crippen molar-refractivity contribution in [1.29, 1.82) is 0 Å². The Balaban J connectivity index is 1.11. The Morgan fingerprint density at radius 2 is 1.51 bits per heavy atom. The molecule has 0 aromatic heterocycles. The lowest BCUT2D eigenvalue weighted by Gasteiger charge is -2.72. The van der Waals surface area contributed by atoms with Gasteiger partial charge in [-0.2, -0.15) is 0 Å². The molecule has 0 heterocycles. The summed E-state index contributed by atoms with van der Waals surface area (Å²) >= 11 is 6.17. The van der Waals surface area contributed by atoms with Gasteiger partial charge in [-0.3, -0.25) is 19.2 Å². The molecule has 6 aliphatic carbocycles. The van der Waals surface area contributed by atoms with E-state index in [0.717, 1.165) is 75.3 Å². The van der Waals surface area contributed by atoms with Crippen LogP contribution < -0.4 is 5.32 Å². The third-order valence-electron chi connectivity index (χ3n) is 17.3. The van der Waals surface area contributed by atoms with Gasteiger partial charge in [0.15, 0.2) is 5.78 Å². The van der Waals surface area contributed by atoms with Crippen LogP contribution in [0.4, 0.5) is 0 Å². The molecule has 1 amide bonds. The number of allylic oxidation sites excluding steroid dienone is 3. The number of hydrogen-bond acceptors (Lipinski definition) is 6. The van der Waals surface area contributed by atoms with Crippen molar-refractivity contribution in [2.45, 2.75) is 177 Å². The van der Waals surface area contributed by atoms with Crippen LogP contribution in [0.1, 0.15) is 166 Å². The van der Waals surface area contributed by atoms with E-state index < -0.39 is 16.4 Å². The molecule has 0 bridgehead atoms. The minimum absolute atomic E-state index is 0.00303. The van der Waals surface area contributed by atoms with Gasteiger partial charge < -0.3 is 14.8 Å². The molecule has 1 aromatic rings. The van der Waals surface area contributed by atoms with E-state index in [0.29, 0.717) is 23.3 Å². The quantitative estimate of drug-likeness (QED) is 0.197. The first-order valence-corrected chi connectivity index (χ1v) is 23.1. The van der Waals surface area contributed by atoms with Crippen LogP contribution in [-0.2, 0) is 34.2 Å². The van der Waals surface area contributed by atoms with Gasteiger partial charge >= 0.3 is 11.9 Å². The summed E-state index contributed by atoms with van der Waals surface area (Å²) in [5, 5.41) is 4.01. The van der Waals surface area contributed by atoms with Crippen LogP contribution in [0.25, 0.3) is 0 Å². The van der Waals surface area contributed by atoms with Gasteiger partial charge in [-0.1, -0.05) is 78.3 Å². The third kappa shape index (κ3) is 7.37. The van der Waals surface area contributed by atoms with E-state index in [2.05, 4.69) is 59.9 Å². The lowest BCUT2D eigenvalue weighted by Crippen LogP contribution is -2.65. The Hall–Kier alpha value is -2.93. The highest BCUT2D eigenvalue weighted by Gasteiger charge is 2.70. The largest absolute Gasteiger partial charge is 0.462 e. The number of ether oxygens (including phenoxy) is 2. The van der Waals surface area contributed by atoms with Crippen LogP contribution in [0, 0.1) is 56.2 Å². The van der Waals surface area contributed by atoms with Crippen LogP contribution in [0.3, 0.4) is 0 Å². The van der Waals surface area contributed by atoms with Gasteiger partial charge in [-0.25, -0.2) is 0 Å². The number of halogens is 1. The highest BCUT2D eigenvalue weighted by atomic mass is 35.5. The Bertz CT molecular complexity index is 1950. The lowest BCUT2D eigenvalue weighted by molar-refractivity contribution is -0.232. The maximum atomic E-state index is 14.1. The third-order valence-corrected chi connectivity index (χ3v) is 17.6. The molecule has 5 saturated carbocycles. The Morgan fingerprint density at radius 3 is 2.12 bits per heavy atom. The summed E-state index contributed by atoms with van der Waals surface area (Å²) in [6.07, 6.45) is 13.9. The summed E-state index contributed by atoms with van der Waals surface area (Å²) < 4.78 is 12.0. The minimum atomic E-state index is -0.982. The number of Topliss-reactive ketones (excluding diaryl/α,β-unsaturated/α-hetero) is 1. The number of carbonyl (C=O) groups is 4. The molecule has 5 fully saturated rings. The summed E-state index contributed by atoms with van der Waals surface area (Å²) in [5.41, 5.74) is 0.944. The van der Waals surface area contributed by atoms with Gasteiger partial charge in [0.25, 0.3) is 0 Å². The fourth-order valence-electron chi connectivity index (χ4n) is 14.0. The summed E-state index contributed by atoms with van der Waals surface area (Å²) in [6.45, 7) is 25.7. The van der Waals surface area contributed by atoms with E-state index in [9.17, 15) is 19.2 Å². The topological polar surface area (TPSA) is 98.8 Å². The monoisotopic (exact) mass is 830 g/mol. The minimum Gasteiger partial charge on any atom is -0.462 e. The summed E-state index contributed by atoms with van der Waals surface area (Å²) in [6, 6.07) is 7.79. The molecule has 1 N–H and O–H groups in total. The SMILES string of the molecule is CC(C)C1=C2[C@H]3CC[C@@H]4[C@@]5(C)CC[C@H](OC(=O)CC(C)(C)C(=O)OC(C)(C)C)C(C)(C)[C@@H]5CC[C@@]4(C)[C@]3(C)CC[C@@]2(C=CC(=O)NC2(c3ccc(Cl)cc3)CC2)CC1=O. The Labute approximate surface area is 359 Å². The van der Waals surface area contributed by atoms with E-state index in [4.69, 9.17) is 21.1 Å². The molecule has 0 unspecified atom stereocenters. The van der Waals surface area contributed by atoms with E-state index in [-0.39, 0.29) is 75.2 Å². The molecule has 6 aliphatic rings. The summed E-state index contributed by atoms with van der Waals surface area (Å²) in [4.78, 5) is 54.4. The van der Waals surface area contributed by atoms with E-state index >= 15 is 0 Å². The molecule has 0 saturated heterocycles. The molecule has 324 valence electrons. The molecule has 0 aliphatic heterocycles. The first-order chi connectivity index (χ1) is 27.2. The van der Waals surface area contributed by atoms with Crippen molar-refractivity contribution in [1.82, 2.24) is 5.32 Å². The van der Waals surface area contributed by atoms with Crippen molar-refractivity contribution < 1.29 is 28.7 Å². The number of ketones is 1. The predicted octanol–water partition coefficient (Wildman–Crippen LogP) is 11.7. The van der Waals surface area contributed by atoms with E-state index in [1.165, 1.54) is 5.57 Å². The van der Waals surface area contributed by atoms with Crippen molar-refractivity contribution in [3.8, 4) is 0 Å². The molecule has 0 radical (unpaired) electrons. The van der Waals surface area contributed by atoms with Crippen LogP contribution in [-0.4, -0.2) is 35.3 Å². The number of esters is 2. The summed E-state index contributed by atoms with van der Waals surface area (Å²) in [7, 11) is 0. The van der Waals surface area contributed by atoms with E-state index in [1.54, 1.807) is 19.9 Å². The zero-order valence-corrected chi connectivity index (χ0v) is 38.9. The first kappa shape index (κ1) is 44.1. The van der Waals surface area contributed by atoms with E-state index in [1.807, 2.05) is 45.0 Å². The van der Waals surface area contributed by atoms with Crippen molar-refractivity contribution in [3.63, 3.8) is 0 Å². The second-order valence-corrected chi connectivity index (χ2v) is 23.6. The smallest absolute Gasteiger partial charge is 0.312 e. The number of benzene rings is 1. The second kappa shape index (κ2) is 14.6. The molecule has 0 spiro atoms. The predicted molar refractivity (Wildman–Crippen MR) is 233 cm³/mol. The Kier molecular flexibility index (Phi) is 10.9. The fourth-order valence-corrected chi connectivity index (χ4v) is 14.1. The highest BCUT2D eigenvalue weighted by molar-refractivity contribution is 6.30. The average Bonchev–Trinajstić information content (AvgIpc) is 3.82. The molecule has 8 heteroatoms. The average molecular weight is 831 g/mol. The van der Waals surface area contributed by atoms with Gasteiger partial charge in [0.2, 0.25) is 5.91 Å². The standard InChI is InChI=1S/C51H72ClNO6/c1-31(2)41-35(54)29-50(24-21-39(55)53-51(27-28-51)32-13-15-33(52)16-14-32)26-25-48(11)34(42(41)50)17-18-37-47(10)22-20-38(46(8,9)36(47)19-23-49(37,48)12)58-40(56)30-45(6,7)43(57)59-44(3,4)5/h13-16,21,24,31,34,36-38H,17-20,22-23,25-30H2,1-12H3,(H,53,55)/t34-,36+,37-,38+,47+,48-,49-,50+/m1/s1. The summed E-state index contributed by atoms with van der Waals surface area (Å²) in [5.74, 6) is 0.718. The maximum absolute atomic E-state index is 14.1. The molecular weight excluding hydrogens is 758 g/mol. The Morgan fingerprint density at radius 1 is 0.847 bits per heavy atom. The van der Waals surface area contributed by atoms with Crippen LogP contribution in [0.2, 0.25) is 5.02 Å². The molecule has 8 atom stereocenters. The number of carbonyl (C=O) groups excluding carboxylic acids is 4. The first-order valence-electron chi connectivity index (χ1n) is 22.7. The fraction of sp³-hybridized carbons (Fsp3) is 0.725. The maximum Gasteiger partial charge on any atom is 0.312 e. The number of hydrogen-bond donors (Lipinski definition) is 1. The number of rotatable bonds is 9. The van der Waals surface area contributed by atoms with Crippen molar-refractivity contribution in [2.24, 2.45) is 56.2 Å². The second-order valence-electron chi connectivity index (χ2n) is 23.2. The zero-order valence-electron chi connectivity index (χ0n) is 38.2. The van der Waals surface area contributed by atoms with Crippen molar-refractivity contribution in [2.75, 3.05) is 0 Å². The molecule has 7 nitrogen and oxygen atoms in total. The van der Waals surface area contributed by atoms with Crippen molar-refractivity contribution >= 4 is 35.2 Å². The van der Waals surface area contributed by atoms with Gasteiger partial charge in [-0.15, -0.1) is 0 Å². The van der Waals surface area contributed by atoms with Crippen LogP contribution >= 0.6 is 11.6 Å². The molecular formula is C51H72ClNO6. The molecule has 1 aromatic carbocycles. The van der Waals surface area contributed by atoms with Crippen LogP contribution in [0.15, 0.2) is 47.6 Å². The molecule has 7 rings (SSSR count). The molecule has 59 heavy (non-hydrogen) atoms. The normalized spacial score (nSPS) is 36.0. The number of fused-ring (bicyclic) bond motifs is 7. The highest BCUT2D eigenvalue weighted by Crippen LogP contribution is 2.77. The zero-order chi connectivity index (χ0) is 43.4. The van der Waals surface area contributed by atoms with Crippen LogP contribution in [0.5, 0.6) is 0 Å². The number of nitrogens with one attached hydrogen (secondary N) is 1. The lowest BCUT2D eigenvalue weighted by atomic mass is 9.33. The number of amides is 1. The van der Waals surface area contributed by atoms with Gasteiger partial charge in [0.05, 0.1) is 17.4 Å². The van der Waals surface area contributed by atoms with Crippen molar-refractivity contribution in [3.05, 3.63) is 58.1 Å². The van der Waals surface area contributed by atoms with Gasteiger partial charge in [-0.05, 0) is 174 Å². The van der Waals surface area contributed by atoms with Gasteiger partial charge in [0, 0.05) is 22.3 Å². The van der Waals surface area contributed by atoms with Gasteiger partial charge in [0.1, 0.15) is 11.7 Å².